The molecule has 1 amide bonds. The highest BCUT2D eigenvalue weighted by atomic mass is 19.1. The number of para-hydroxylation sites is 2. The summed E-state index contributed by atoms with van der Waals surface area (Å²) in [4.78, 5) is 17.3. The molecular formula is C25H26FN5O. The third kappa shape index (κ3) is 3.90. The molecule has 0 saturated carbocycles. The molecular weight excluding hydrogens is 405 g/mol. The van der Waals surface area contributed by atoms with E-state index >= 15 is 0 Å². The number of fused-ring (bicyclic) bond motifs is 2. The Hall–Kier alpha value is -3.48. The van der Waals surface area contributed by atoms with Crippen LogP contribution in [0.3, 0.4) is 0 Å². The first-order valence-corrected chi connectivity index (χ1v) is 10.9. The molecule has 32 heavy (non-hydrogen) atoms. The lowest BCUT2D eigenvalue weighted by atomic mass is 9.74. The van der Waals surface area contributed by atoms with Crippen LogP contribution >= 0.6 is 0 Å². The summed E-state index contributed by atoms with van der Waals surface area (Å²) >= 11 is 0. The number of amides is 1. The van der Waals surface area contributed by atoms with Crippen molar-refractivity contribution >= 4 is 16.9 Å². The van der Waals surface area contributed by atoms with Crippen molar-refractivity contribution < 1.29 is 9.18 Å². The summed E-state index contributed by atoms with van der Waals surface area (Å²) in [5.74, 6) is -0.298. The molecule has 6 nitrogen and oxygen atoms in total. The maximum absolute atomic E-state index is 13.8. The zero-order valence-electron chi connectivity index (χ0n) is 18.3. The normalized spacial score (nSPS) is 17.3. The molecule has 2 aromatic carbocycles. The van der Waals surface area contributed by atoms with Crippen LogP contribution in [-0.4, -0.2) is 25.2 Å². The van der Waals surface area contributed by atoms with Crippen molar-refractivity contribution in [1.82, 2.24) is 24.6 Å². The number of halogens is 1. The number of carbonyl (C=O) groups excluding carboxylic acids is 1. The Bertz CT molecular complexity index is 1290. The van der Waals surface area contributed by atoms with Gasteiger partial charge in [0.15, 0.2) is 0 Å². The molecule has 0 spiro atoms. The number of nitrogens with zero attached hydrogens (tertiary/aromatic N) is 4. The van der Waals surface area contributed by atoms with Crippen LogP contribution in [0.15, 0.2) is 61.1 Å². The number of imidazole rings is 1. The van der Waals surface area contributed by atoms with Crippen molar-refractivity contribution in [1.29, 1.82) is 0 Å². The summed E-state index contributed by atoms with van der Waals surface area (Å²) in [6.45, 7) is 4.95. The van der Waals surface area contributed by atoms with Gasteiger partial charge in [-0.25, -0.2) is 14.1 Å². The third-order valence-corrected chi connectivity index (χ3v) is 6.17. The van der Waals surface area contributed by atoms with Gasteiger partial charge in [0.25, 0.3) is 0 Å². The molecule has 1 aliphatic carbocycles. The lowest BCUT2D eigenvalue weighted by molar-refractivity contribution is -0.122. The van der Waals surface area contributed by atoms with Gasteiger partial charge in [0.05, 0.1) is 41.0 Å². The Labute approximate surface area is 186 Å². The molecule has 5 rings (SSSR count). The maximum atomic E-state index is 13.8. The number of hydrogen-bond acceptors (Lipinski definition) is 3. The summed E-state index contributed by atoms with van der Waals surface area (Å²) in [5, 5.41) is 7.76. The minimum atomic E-state index is -0.293. The van der Waals surface area contributed by atoms with Crippen LogP contribution in [0.5, 0.6) is 0 Å². The number of rotatable bonds is 5. The van der Waals surface area contributed by atoms with Gasteiger partial charge >= 0.3 is 0 Å². The Morgan fingerprint density at radius 1 is 1.22 bits per heavy atom. The fourth-order valence-electron chi connectivity index (χ4n) is 4.68. The first kappa shape index (κ1) is 20.4. The van der Waals surface area contributed by atoms with Gasteiger partial charge in [-0.3, -0.25) is 4.79 Å². The van der Waals surface area contributed by atoms with E-state index in [1.54, 1.807) is 17.1 Å². The highest BCUT2D eigenvalue weighted by Gasteiger charge is 2.36. The van der Waals surface area contributed by atoms with Crippen molar-refractivity contribution in [2.75, 3.05) is 0 Å². The van der Waals surface area contributed by atoms with E-state index in [2.05, 4.69) is 29.2 Å². The van der Waals surface area contributed by atoms with E-state index in [9.17, 15) is 9.18 Å². The average molecular weight is 432 g/mol. The minimum Gasteiger partial charge on any atom is -0.349 e. The van der Waals surface area contributed by atoms with Gasteiger partial charge in [0, 0.05) is 18.5 Å². The van der Waals surface area contributed by atoms with Crippen LogP contribution in [0, 0.1) is 11.2 Å². The smallest absolute Gasteiger partial charge is 0.222 e. The van der Waals surface area contributed by atoms with Crippen molar-refractivity contribution in [2.24, 2.45) is 5.41 Å². The molecule has 0 radical (unpaired) electrons. The fourth-order valence-corrected chi connectivity index (χ4v) is 4.68. The number of carbonyl (C=O) groups is 1. The SMILES string of the molecule is CC1(C)Cc2c(cnn2-c2cccc(F)c2)[C@@H](NC(=O)CCn2cnc3ccccc32)C1. The van der Waals surface area contributed by atoms with Crippen molar-refractivity contribution in [3.05, 3.63) is 78.1 Å². The van der Waals surface area contributed by atoms with Crippen LogP contribution < -0.4 is 5.32 Å². The van der Waals surface area contributed by atoms with Gasteiger partial charge in [-0.1, -0.05) is 32.0 Å². The van der Waals surface area contributed by atoms with Gasteiger partial charge in [0.1, 0.15) is 5.82 Å². The zero-order valence-corrected chi connectivity index (χ0v) is 18.3. The molecule has 2 aromatic heterocycles. The molecule has 0 bridgehead atoms. The fraction of sp³-hybridized carbons (Fsp3) is 0.320. The number of nitrogens with one attached hydrogen (secondary N) is 1. The Morgan fingerprint density at radius 2 is 2.06 bits per heavy atom. The summed E-state index contributed by atoms with van der Waals surface area (Å²) in [6, 6.07) is 14.2. The Morgan fingerprint density at radius 3 is 2.91 bits per heavy atom. The van der Waals surface area contributed by atoms with E-state index in [1.807, 2.05) is 41.1 Å². The summed E-state index contributed by atoms with van der Waals surface area (Å²) in [7, 11) is 0. The maximum Gasteiger partial charge on any atom is 0.222 e. The summed E-state index contributed by atoms with van der Waals surface area (Å²) in [6.07, 6.45) is 5.60. The van der Waals surface area contributed by atoms with Crippen LogP contribution in [0.4, 0.5) is 4.39 Å². The lowest BCUT2D eigenvalue weighted by Gasteiger charge is -2.36. The van der Waals surface area contributed by atoms with E-state index in [-0.39, 0.29) is 23.2 Å². The van der Waals surface area contributed by atoms with Gasteiger partial charge in [-0.15, -0.1) is 0 Å². The van der Waals surface area contributed by atoms with Crippen LogP contribution in [0.1, 0.15) is 44.0 Å². The third-order valence-electron chi connectivity index (χ3n) is 6.17. The Kier molecular flexibility index (Phi) is 5.04. The average Bonchev–Trinajstić information content (AvgIpc) is 3.35. The van der Waals surface area contributed by atoms with Crippen molar-refractivity contribution in [3.63, 3.8) is 0 Å². The van der Waals surface area contributed by atoms with Crippen LogP contribution in [0.25, 0.3) is 16.7 Å². The zero-order chi connectivity index (χ0) is 22.3. The second-order valence-corrected chi connectivity index (χ2v) is 9.28. The standard InChI is InChI=1S/C25H26FN5O/c1-25(2)13-21(19-15-28-31(23(19)14-25)18-7-5-6-17(26)12-18)29-24(32)10-11-30-16-27-20-8-3-4-9-22(20)30/h3-9,12,15-16,21H,10-11,13-14H2,1-2H3,(H,29,32)/t21-/m0/s1. The quantitative estimate of drug-likeness (QED) is 0.503. The van der Waals surface area contributed by atoms with Gasteiger partial charge in [-0.05, 0) is 48.6 Å². The molecule has 7 heteroatoms. The van der Waals surface area contributed by atoms with E-state index in [0.717, 1.165) is 35.1 Å². The second kappa shape index (κ2) is 7.89. The molecule has 0 unspecified atom stereocenters. The molecule has 0 aliphatic heterocycles. The van der Waals surface area contributed by atoms with E-state index in [4.69, 9.17) is 0 Å². The molecule has 164 valence electrons. The Balaban J connectivity index is 1.35. The first-order chi connectivity index (χ1) is 15.4. The van der Waals surface area contributed by atoms with Gasteiger partial charge < -0.3 is 9.88 Å². The molecule has 0 fully saturated rings. The van der Waals surface area contributed by atoms with Gasteiger partial charge in [-0.2, -0.15) is 5.10 Å². The molecule has 1 N–H and O–H groups in total. The highest BCUT2D eigenvalue weighted by molar-refractivity contribution is 5.78. The summed E-state index contributed by atoms with van der Waals surface area (Å²) < 4.78 is 17.6. The highest BCUT2D eigenvalue weighted by Crippen LogP contribution is 2.41. The van der Waals surface area contributed by atoms with E-state index in [0.29, 0.717) is 18.7 Å². The number of aromatic nitrogens is 4. The van der Waals surface area contributed by atoms with Crippen LogP contribution in [-0.2, 0) is 17.8 Å². The van der Waals surface area contributed by atoms with Crippen molar-refractivity contribution in [3.8, 4) is 5.69 Å². The summed E-state index contributed by atoms with van der Waals surface area (Å²) in [5.41, 5.74) is 4.67. The molecule has 2 heterocycles. The number of hydrogen-bond donors (Lipinski definition) is 1. The second-order valence-electron chi connectivity index (χ2n) is 9.28. The predicted molar refractivity (Wildman–Crippen MR) is 121 cm³/mol. The topological polar surface area (TPSA) is 64.7 Å². The number of aryl methyl sites for hydroxylation is 1. The molecule has 0 saturated heterocycles. The first-order valence-electron chi connectivity index (χ1n) is 10.9. The monoisotopic (exact) mass is 431 g/mol. The van der Waals surface area contributed by atoms with E-state index in [1.165, 1.54) is 12.1 Å². The predicted octanol–water partition coefficient (Wildman–Crippen LogP) is 4.58. The minimum absolute atomic E-state index is 0.00469. The molecule has 4 aromatic rings. The van der Waals surface area contributed by atoms with E-state index < -0.39 is 0 Å². The van der Waals surface area contributed by atoms with Crippen LogP contribution in [0.2, 0.25) is 0 Å². The molecule has 1 atom stereocenters. The largest absolute Gasteiger partial charge is 0.349 e. The molecule has 1 aliphatic rings. The lowest BCUT2D eigenvalue weighted by Crippen LogP contribution is -2.37. The number of benzene rings is 2. The van der Waals surface area contributed by atoms with Crippen molar-refractivity contribution in [2.45, 2.75) is 45.7 Å². The van der Waals surface area contributed by atoms with Gasteiger partial charge in [0.2, 0.25) is 5.91 Å².